The monoisotopic (exact) mass is 600 g/mol. The van der Waals surface area contributed by atoms with Crippen LogP contribution in [0.25, 0.3) is 0 Å². The summed E-state index contributed by atoms with van der Waals surface area (Å²) in [4.78, 5) is 24.0. The Morgan fingerprint density at radius 3 is 2.27 bits per heavy atom. The fourth-order valence-corrected chi connectivity index (χ4v) is 3.99. The lowest BCUT2D eigenvalue weighted by atomic mass is 9.75. The van der Waals surface area contributed by atoms with E-state index >= 15 is 0 Å². The summed E-state index contributed by atoms with van der Waals surface area (Å²) in [7, 11) is -0.314. The van der Waals surface area contributed by atoms with Gasteiger partial charge >= 0.3 is 18.9 Å². The van der Waals surface area contributed by atoms with Crippen molar-refractivity contribution in [1.29, 1.82) is 0 Å². The predicted molar refractivity (Wildman–Crippen MR) is 146 cm³/mol. The molecule has 1 aliphatic carbocycles. The summed E-state index contributed by atoms with van der Waals surface area (Å²) in [6.45, 7) is 15.0. The molecule has 204 valence electrons. The summed E-state index contributed by atoms with van der Waals surface area (Å²) in [6, 6.07) is 2.84. The van der Waals surface area contributed by atoms with E-state index in [0.717, 1.165) is 24.7 Å². The highest BCUT2D eigenvalue weighted by atomic mass is 79.9. The molecule has 0 atom stereocenters. The Kier molecular flexibility index (Phi) is 8.94. The van der Waals surface area contributed by atoms with Crippen LogP contribution in [-0.4, -0.2) is 59.0 Å². The first kappa shape index (κ1) is 29.7. The van der Waals surface area contributed by atoms with Crippen LogP contribution in [0.1, 0.15) is 67.7 Å². The van der Waals surface area contributed by atoms with Gasteiger partial charge in [0.05, 0.1) is 27.3 Å². The van der Waals surface area contributed by atoms with Gasteiger partial charge in [-0.1, -0.05) is 17.7 Å². The standard InChI is InChI=1S/C16H28BNO4.C9H7BrClNO3/c1-14(2,3)20-13(19)18-10-8-12(9-11-18)17-21-15(4,5)16(6,7)22-17;10-6-3-9(15-5-1-2-5)8(12(13)14)4-7(6)11/h8H,9-11H2,1-7H3;3-5H,1-2H2. The fourth-order valence-electron chi connectivity index (χ4n) is 3.51. The van der Waals surface area contributed by atoms with Crippen molar-refractivity contribution in [3.05, 3.63) is 43.3 Å². The molecule has 0 spiro atoms. The molecular formula is C25H35BBrClN2O7. The molecule has 2 aliphatic heterocycles. The third-order valence-corrected chi connectivity index (χ3v) is 7.67. The van der Waals surface area contributed by atoms with Gasteiger partial charge in [-0.25, -0.2) is 4.79 Å². The van der Waals surface area contributed by atoms with Crippen LogP contribution in [0.15, 0.2) is 28.2 Å². The Hall–Kier alpha value is -1.82. The lowest BCUT2D eigenvalue weighted by molar-refractivity contribution is -0.385. The molecule has 1 aromatic carbocycles. The molecule has 0 bridgehead atoms. The topological polar surface area (TPSA) is 100 Å². The van der Waals surface area contributed by atoms with Crippen molar-refractivity contribution in [3.63, 3.8) is 0 Å². The maximum atomic E-state index is 12.1. The highest BCUT2D eigenvalue weighted by molar-refractivity contribution is 9.10. The molecule has 1 aromatic rings. The Morgan fingerprint density at radius 1 is 1.22 bits per heavy atom. The molecule has 12 heteroatoms. The minimum Gasteiger partial charge on any atom is -0.483 e. The SMILES string of the molecule is CC(C)(C)OC(=O)N1CC=C(B2OC(C)(C)C(C)(C)O2)CC1.O=[N+]([O-])c1cc(Cl)c(Br)cc1OC1CC1. The number of carbonyl (C=O) groups excluding carboxylic acids is 1. The second kappa shape index (κ2) is 11.1. The average molecular weight is 602 g/mol. The van der Waals surface area contributed by atoms with Crippen molar-refractivity contribution in [2.24, 2.45) is 0 Å². The zero-order valence-electron chi connectivity index (χ0n) is 22.4. The van der Waals surface area contributed by atoms with Gasteiger partial charge in [0, 0.05) is 29.7 Å². The Balaban J connectivity index is 0.000000220. The second-order valence-electron chi connectivity index (χ2n) is 11.4. The van der Waals surface area contributed by atoms with Crippen LogP contribution in [0.3, 0.4) is 0 Å². The van der Waals surface area contributed by atoms with Gasteiger partial charge in [-0.05, 0) is 89.1 Å². The van der Waals surface area contributed by atoms with Crippen LogP contribution < -0.4 is 4.74 Å². The van der Waals surface area contributed by atoms with Crippen molar-refractivity contribution < 1.29 is 28.5 Å². The first-order valence-electron chi connectivity index (χ1n) is 12.3. The van der Waals surface area contributed by atoms with E-state index in [1.54, 1.807) is 11.0 Å². The molecule has 0 aromatic heterocycles. The van der Waals surface area contributed by atoms with Crippen LogP contribution in [0.4, 0.5) is 10.5 Å². The average Bonchev–Trinajstić information content (AvgIpc) is 3.54. The molecule has 1 saturated carbocycles. The zero-order chi connectivity index (χ0) is 27.8. The number of ether oxygens (including phenoxy) is 2. The van der Waals surface area contributed by atoms with Crippen molar-refractivity contribution >= 4 is 46.4 Å². The molecule has 9 nitrogen and oxygen atoms in total. The number of nitro benzene ring substituents is 1. The van der Waals surface area contributed by atoms with E-state index < -0.39 is 10.5 Å². The maximum absolute atomic E-state index is 12.1. The van der Waals surface area contributed by atoms with E-state index in [9.17, 15) is 14.9 Å². The molecule has 1 amide bonds. The van der Waals surface area contributed by atoms with Crippen molar-refractivity contribution in [2.45, 2.75) is 90.6 Å². The summed E-state index contributed by atoms with van der Waals surface area (Å²) < 4.78 is 23.5. The van der Waals surface area contributed by atoms with Crippen LogP contribution in [0, 0.1) is 10.1 Å². The number of benzene rings is 1. The first-order valence-corrected chi connectivity index (χ1v) is 13.5. The number of hydrogen-bond donors (Lipinski definition) is 0. The van der Waals surface area contributed by atoms with Crippen LogP contribution in [-0.2, 0) is 14.0 Å². The molecule has 0 radical (unpaired) electrons. The highest BCUT2D eigenvalue weighted by Crippen LogP contribution is 2.40. The maximum Gasteiger partial charge on any atom is 0.490 e. The number of hydrogen-bond acceptors (Lipinski definition) is 7. The van der Waals surface area contributed by atoms with Crippen LogP contribution in [0.2, 0.25) is 5.02 Å². The summed E-state index contributed by atoms with van der Waals surface area (Å²) in [5.41, 5.74) is -0.109. The molecule has 1 saturated heterocycles. The Morgan fingerprint density at radius 2 is 1.81 bits per heavy atom. The summed E-state index contributed by atoms with van der Waals surface area (Å²) in [5.74, 6) is 0.277. The summed E-state index contributed by atoms with van der Waals surface area (Å²) in [5, 5.41) is 11.0. The number of halogens is 2. The number of carbonyl (C=O) groups is 1. The number of rotatable bonds is 4. The lowest BCUT2D eigenvalue weighted by Gasteiger charge is -2.32. The predicted octanol–water partition coefficient (Wildman–Crippen LogP) is 6.74. The third-order valence-electron chi connectivity index (χ3n) is 6.47. The normalized spacial score (nSPS) is 20.5. The van der Waals surface area contributed by atoms with Gasteiger partial charge in [-0.3, -0.25) is 10.1 Å². The Labute approximate surface area is 232 Å². The van der Waals surface area contributed by atoms with Crippen molar-refractivity contribution in [3.8, 4) is 5.75 Å². The molecule has 2 fully saturated rings. The molecule has 0 unspecified atom stereocenters. The van der Waals surface area contributed by atoms with Gasteiger partial charge < -0.3 is 23.7 Å². The molecule has 2 heterocycles. The van der Waals surface area contributed by atoms with E-state index in [1.807, 2.05) is 54.5 Å². The van der Waals surface area contributed by atoms with Gasteiger partial charge in [0.25, 0.3) is 0 Å². The van der Waals surface area contributed by atoms with Gasteiger partial charge in [0.15, 0.2) is 5.75 Å². The zero-order valence-corrected chi connectivity index (χ0v) is 24.8. The molecule has 37 heavy (non-hydrogen) atoms. The van der Waals surface area contributed by atoms with Crippen molar-refractivity contribution in [1.82, 2.24) is 4.90 Å². The van der Waals surface area contributed by atoms with E-state index in [4.69, 9.17) is 30.4 Å². The number of nitro groups is 1. The second-order valence-corrected chi connectivity index (χ2v) is 12.6. The molecular weight excluding hydrogens is 566 g/mol. The number of nitrogens with zero attached hydrogens (tertiary/aromatic N) is 2. The van der Waals surface area contributed by atoms with E-state index in [1.165, 1.54) is 6.07 Å². The quantitative estimate of drug-likeness (QED) is 0.214. The Bertz CT molecular complexity index is 1050. The summed E-state index contributed by atoms with van der Waals surface area (Å²) >= 11 is 8.98. The molecule has 4 rings (SSSR count). The number of amides is 1. The van der Waals surface area contributed by atoms with Crippen LogP contribution >= 0.6 is 27.5 Å². The van der Waals surface area contributed by atoms with Gasteiger partial charge in [-0.15, -0.1) is 0 Å². The lowest BCUT2D eigenvalue weighted by Crippen LogP contribution is -2.41. The van der Waals surface area contributed by atoms with Gasteiger partial charge in [-0.2, -0.15) is 0 Å². The largest absolute Gasteiger partial charge is 0.490 e. The molecule has 0 N–H and O–H groups in total. The smallest absolute Gasteiger partial charge is 0.483 e. The van der Waals surface area contributed by atoms with Crippen LogP contribution in [0.5, 0.6) is 5.75 Å². The van der Waals surface area contributed by atoms with Gasteiger partial charge in [0.2, 0.25) is 0 Å². The molecule has 3 aliphatic rings. The van der Waals surface area contributed by atoms with E-state index in [0.29, 0.717) is 22.6 Å². The summed E-state index contributed by atoms with van der Waals surface area (Å²) in [6.07, 6.45) is 4.54. The van der Waals surface area contributed by atoms with Crippen molar-refractivity contribution in [2.75, 3.05) is 13.1 Å². The van der Waals surface area contributed by atoms with E-state index in [-0.39, 0.29) is 42.0 Å². The minimum absolute atomic E-state index is 0.0879. The highest BCUT2D eigenvalue weighted by Gasteiger charge is 2.52. The van der Waals surface area contributed by atoms with E-state index in [2.05, 4.69) is 15.9 Å². The minimum atomic E-state index is -0.490. The fraction of sp³-hybridized carbons (Fsp3) is 0.640. The van der Waals surface area contributed by atoms with Gasteiger partial charge in [0.1, 0.15) is 5.60 Å². The third kappa shape index (κ3) is 7.85. The first-order chi connectivity index (χ1) is 17.0.